The molecule has 0 bridgehead atoms. The highest BCUT2D eigenvalue weighted by Crippen LogP contribution is 2.25. The van der Waals surface area contributed by atoms with Crippen LogP contribution in [-0.4, -0.2) is 54.0 Å². The van der Waals surface area contributed by atoms with Crippen LogP contribution in [0.15, 0.2) is 51.8 Å². The van der Waals surface area contributed by atoms with Gasteiger partial charge in [-0.1, -0.05) is 51.2 Å². The van der Waals surface area contributed by atoms with Crippen LogP contribution in [0.25, 0.3) is 0 Å². The average Bonchev–Trinajstić information content (AvgIpc) is 3.09. The number of hydrogen-bond donors (Lipinski definition) is 1. The first-order chi connectivity index (χ1) is 16.4. The van der Waals surface area contributed by atoms with Crippen molar-refractivity contribution >= 4 is 12.2 Å². The Hall–Kier alpha value is -2.67. The van der Waals surface area contributed by atoms with Crippen LogP contribution in [0, 0.1) is 5.92 Å². The molecule has 1 fully saturated rings. The summed E-state index contributed by atoms with van der Waals surface area (Å²) in [6.07, 6.45) is 20.0. The summed E-state index contributed by atoms with van der Waals surface area (Å²) in [5, 5.41) is 1.64. The van der Waals surface area contributed by atoms with E-state index in [0.717, 1.165) is 37.5 Å². The smallest absolute Gasteiger partial charge is 0.273 e. The van der Waals surface area contributed by atoms with Crippen molar-refractivity contribution in [2.75, 3.05) is 37.9 Å². The zero-order valence-corrected chi connectivity index (χ0v) is 21.8. The third kappa shape index (κ3) is 8.60. The minimum atomic E-state index is -0.139. The fourth-order valence-corrected chi connectivity index (χ4v) is 4.42. The van der Waals surface area contributed by atoms with E-state index in [1.54, 1.807) is 25.2 Å². The van der Waals surface area contributed by atoms with Gasteiger partial charge in [-0.3, -0.25) is 14.7 Å². The van der Waals surface area contributed by atoms with Crippen molar-refractivity contribution in [1.82, 2.24) is 14.6 Å². The number of nitrogens with two attached hydrogens (primary N) is 1. The van der Waals surface area contributed by atoms with Gasteiger partial charge in [0.25, 0.3) is 5.56 Å². The summed E-state index contributed by atoms with van der Waals surface area (Å²) in [5.41, 5.74) is 7.88. The monoisotopic (exact) mass is 468 g/mol. The number of nitrogen functional groups attached to an aromatic ring is 1. The summed E-state index contributed by atoms with van der Waals surface area (Å²) in [7, 11) is 3.55. The van der Waals surface area contributed by atoms with Gasteiger partial charge in [0.15, 0.2) is 0 Å². The summed E-state index contributed by atoms with van der Waals surface area (Å²) < 4.78 is 1.37. The zero-order chi connectivity index (χ0) is 24.9. The van der Waals surface area contributed by atoms with Crippen molar-refractivity contribution in [1.29, 1.82) is 0 Å². The van der Waals surface area contributed by atoms with E-state index in [2.05, 4.69) is 52.2 Å². The van der Waals surface area contributed by atoms with E-state index in [9.17, 15) is 4.79 Å². The van der Waals surface area contributed by atoms with Gasteiger partial charge in [-0.2, -0.15) is 4.68 Å². The Bertz CT molecular complexity index is 928. The van der Waals surface area contributed by atoms with Gasteiger partial charge in [0.05, 0.1) is 5.69 Å². The number of rotatable bonds is 5. The van der Waals surface area contributed by atoms with E-state index in [0.29, 0.717) is 12.6 Å². The fraction of sp³-hybridized carbons (Fsp3) is 0.593. The van der Waals surface area contributed by atoms with Crippen LogP contribution in [0.2, 0.25) is 0 Å². The first kappa shape index (κ1) is 27.6. The normalized spacial score (nSPS) is 21.6. The molecule has 34 heavy (non-hydrogen) atoms. The highest BCUT2D eigenvalue weighted by Gasteiger charge is 2.26. The van der Waals surface area contributed by atoms with Gasteiger partial charge >= 0.3 is 0 Å². The number of allylic oxidation sites excluding steroid dienone is 4. The van der Waals surface area contributed by atoms with Gasteiger partial charge in [-0.05, 0) is 56.6 Å². The molecule has 0 aromatic carbocycles. The second kappa shape index (κ2) is 14.6. The Morgan fingerprint density at radius 1 is 1.18 bits per heavy atom. The molecular formula is C27H44N6O. The molecule has 7 nitrogen and oxygen atoms in total. The SMILES string of the molecule is CC.CC1C=CC=CCC1.CN(C)n1c(N)nc(CN2CCCC2CC2=CCCN=C2)cc1=O. The minimum Gasteiger partial charge on any atom is -0.368 e. The Morgan fingerprint density at radius 2 is 1.97 bits per heavy atom. The lowest BCUT2D eigenvalue weighted by atomic mass is 10.0. The molecule has 1 aromatic rings. The molecule has 1 aliphatic carbocycles. The van der Waals surface area contributed by atoms with E-state index >= 15 is 0 Å². The molecule has 4 rings (SSSR count). The summed E-state index contributed by atoms with van der Waals surface area (Å²) in [5.74, 6) is 1.02. The second-order valence-electron chi connectivity index (χ2n) is 9.04. The molecule has 0 saturated carbocycles. The Morgan fingerprint density at radius 3 is 2.65 bits per heavy atom. The molecule has 2 aliphatic heterocycles. The van der Waals surface area contributed by atoms with Crippen LogP contribution < -0.4 is 16.3 Å². The summed E-state index contributed by atoms with van der Waals surface area (Å²) in [6.45, 7) is 8.86. The number of aromatic nitrogens is 2. The van der Waals surface area contributed by atoms with Crippen LogP contribution in [0.1, 0.15) is 65.0 Å². The third-order valence-corrected chi connectivity index (χ3v) is 6.11. The number of dihydropyridines is 1. The van der Waals surface area contributed by atoms with E-state index in [4.69, 9.17) is 5.73 Å². The van der Waals surface area contributed by atoms with Gasteiger partial charge in [-0.25, -0.2) is 4.98 Å². The first-order valence-corrected chi connectivity index (χ1v) is 12.8. The van der Waals surface area contributed by atoms with Crippen LogP contribution >= 0.6 is 0 Å². The molecular weight excluding hydrogens is 424 g/mol. The Kier molecular flexibility index (Phi) is 11.8. The van der Waals surface area contributed by atoms with Crippen molar-refractivity contribution in [2.45, 2.75) is 71.9 Å². The van der Waals surface area contributed by atoms with Gasteiger partial charge < -0.3 is 10.7 Å². The summed E-state index contributed by atoms with van der Waals surface area (Å²) >= 11 is 0. The van der Waals surface area contributed by atoms with Gasteiger partial charge in [-0.15, -0.1) is 0 Å². The molecule has 188 valence electrons. The lowest BCUT2D eigenvalue weighted by Gasteiger charge is -2.25. The van der Waals surface area contributed by atoms with Gasteiger partial charge in [0.1, 0.15) is 0 Å². The van der Waals surface area contributed by atoms with E-state index < -0.39 is 0 Å². The quantitative estimate of drug-likeness (QED) is 0.696. The number of hydrogen-bond acceptors (Lipinski definition) is 6. The first-order valence-electron chi connectivity index (χ1n) is 12.8. The van der Waals surface area contributed by atoms with Crippen molar-refractivity contribution in [3.8, 4) is 0 Å². The number of anilines is 1. The molecule has 3 heterocycles. The average molecular weight is 469 g/mol. The van der Waals surface area contributed by atoms with Crippen molar-refractivity contribution in [2.24, 2.45) is 10.9 Å². The highest BCUT2D eigenvalue weighted by molar-refractivity contribution is 5.79. The maximum absolute atomic E-state index is 12.2. The van der Waals surface area contributed by atoms with Crippen LogP contribution in [0.3, 0.4) is 0 Å². The predicted molar refractivity (Wildman–Crippen MR) is 145 cm³/mol. The lowest BCUT2D eigenvalue weighted by molar-refractivity contribution is 0.242. The maximum atomic E-state index is 12.2. The van der Waals surface area contributed by atoms with Crippen LogP contribution in [0.4, 0.5) is 5.95 Å². The fourth-order valence-electron chi connectivity index (χ4n) is 4.42. The molecule has 7 heteroatoms. The molecule has 1 aromatic heterocycles. The third-order valence-electron chi connectivity index (χ3n) is 6.11. The Balaban J connectivity index is 0.000000343. The molecule has 2 unspecified atom stereocenters. The van der Waals surface area contributed by atoms with Gasteiger partial charge in [0.2, 0.25) is 5.95 Å². The molecule has 0 radical (unpaired) electrons. The topological polar surface area (TPSA) is 79.8 Å². The minimum absolute atomic E-state index is 0.139. The highest BCUT2D eigenvalue weighted by atomic mass is 16.1. The summed E-state index contributed by atoms with van der Waals surface area (Å²) in [4.78, 5) is 23.4. The standard InChI is InChI=1S/C17H26N6O.C8H12.C2H6/c1-21(2)23-16(24)10-14(20-17(23)18)12-22-8-4-6-15(22)9-13-5-3-7-19-11-13;1-8-6-4-2-3-5-7-8;1-2/h5,10-11,15H,3-4,6-9,12H2,1-2H3,(H2,18,20);2-4,6,8H,5,7H2,1H3;1-2H3. The number of likely N-dealkylation sites (tertiary alicyclic amines) is 1. The maximum Gasteiger partial charge on any atom is 0.273 e. The van der Waals surface area contributed by atoms with Crippen molar-refractivity contribution in [3.63, 3.8) is 0 Å². The second-order valence-corrected chi connectivity index (χ2v) is 9.04. The molecule has 3 aliphatic rings. The van der Waals surface area contributed by atoms with Crippen LogP contribution in [0.5, 0.6) is 0 Å². The van der Waals surface area contributed by atoms with Crippen molar-refractivity contribution in [3.05, 3.63) is 58.1 Å². The van der Waals surface area contributed by atoms with Crippen molar-refractivity contribution < 1.29 is 0 Å². The van der Waals surface area contributed by atoms with E-state index in [-0.39, 0.29) is 11.5 Å². The number of nitrogens with zero attached hydrogens (tertiary/aromatic N) is 5. The zero-order valence-electron chi connectivity index (χ0n) is 21.8. The Labute approximate surface area is 205 Å². The lowest BCUT2D eigenvalue weighted by Crippen LogP contribution is -2.39. The molecule has 2 atom stereocenters. The molecule has 2 N–H and O–H groups in total. The summed E-state index contributed by atoms with van der Waals surface area (Å²) in [6, 6.07) is 2.08. The van der Waals surface area contributed by atoms with Gasteiger partial charge in [0, 0.05) is 45.5 Å². The predicted octanol–water partition coefficient (Wildman–Crippen LogP) is 4.33. The van der Waals surface area contributed by atoms with Crippen LogP contribution in [-0.2, 0) is 6.54 Å². The van der Waals surface area contributed by atoms with E-state index in [1.807, 2.05) is 20.1 Å². The molecule has 0 spiro atoms. The largest absolute Gasteiger partial charge is 0.368 e. The number of aliphatic imine (C=N–C) groups is 1. The van der Waals surface area contributed by atoms with E-state index in [1.165, 1.54) is 35.9 Å². The molecule has 1 saturated heterocycles. The molecule has 0 amide bonds.